The van der Waals surface area contributed by atoms with Gasteiger partial charge in [0.2, 0.25) is 0 Å². The molecule has 0 aliphatic carbocycles. The van der Waals surface area contributed by atoms with E-state index in [1.54, 1.807) is 0 Å². The van der Waals surface area contributed by atoms with Crippen LogP contribution in [-0.4, -0.2) is 16.5 Å². The first-order valence-electron chi connectivity index (χ1n) is 6.70. The summed E-state index contributed by atoms with van der Waals surface area (Å²) in [7, 11) is 0. The molecule has 0 spiro atoms. The zero-order valence-electron chi connectivity index (χ0n) is 11.1. The highest BCUT2D eigenvalue weighted by Crippen LogP contribution is 2.11. The van der Waals surface area contributed by atoms with Crippen molar-refractivity contribution in [2.75, 3.05) is 6.54 Å². The summed E-state index contributed by atoms with van der Waals surface area (Å²) in [4.78, 5) is 7.91. The number of para-hydroxylation sites is 2. The van der Waals surface area contributed by atoms with Gasteiger partial charge in [0.25, 0.3) is 0 Å². The van der Waals surface area contributed by atoms with Crippen molar-refractivity contribution in [3.8, 4) is 0 Å². The molecule has 2 aromatic carbocycles. The Kier molecular flexibility index (Phi) is 4.14. The summed E-state index contributed by atoms with van der Waals surface area (Å²) in [5.74, 6) is 1.04. The summed E-state index contributed by atoms with van der Waals surface area (Å²) >= 11 is 3.44. The van der Waals surface area contributed by atoms with E-state index in [-0.39, 0.29) is 0 Å². The van der Waals surface area contributed by atoms with Crippen LogP contribution in [0, 0.1) is 0 Å². The van der Waals surface area contributed by atoms with E-state index in [1.807, 2.05) is 18.2 Å². The van der Waals surface area contributed by atoms with Crippen LogP contribution in [0.1, 0.15) is 11.4 Å². The summed E-state index contributed by atoms with van der Waals surface area (Å²) in [6.45, 7) is 1.80. The number of imidazole rings is 1. The van der Waals surface area contributed by atoms with Gasteiger partial charge < -0.3 is 10.3 Å². The Morgan fingerprint density at radius 1 is 1.05 bits per heavy atom. The summed E-state index contributed by atoms with van der Waals surface area (Å²) in [5.41, 5.74) is 3.43. The van der Waals surface area contributed by atoms with Crippen LogP contribution in [0.2, 0.25) is 0 Å². The first-order valence-corrected chi connectivity index (χ1v) is 7.49. The van der Waals surface area contributed by atoms with Crippen LogP contribution in [0.5, 0.6) is 0 Å². The molecule has 0 bridgehead atoms. The molecule has 3 nitrogen and oxygen atoms in total. The molecule has 0 atom stereocenters. The Balaban J connectivity index is 1.51. The Morgan fingerprint density at radius 3 is 2.65 bits per heavy atom. The standard InChI is InChI=1S/C16H16BrN3/c17-13-7-5-12(6-8-13)11-18-10-9-16-19-14-3-1-2-4-15(14)20-16/h1-8,18H,9-11H2,(H,19,20). The minimum absolute atomic E-state index is 0.882. The van der Waals surface area contributed by atoms with Gasteiger partial charge in [-0.25, -0.2) is 4.98 Å². The van der Waals surface area contributed by atoms with E-state index in [2.05, 4.69) is 61.5 Å². The fourth-order valence-corrected chi connectivity index (χ4v) is 2.43. The molecule has 1 aromatic heterocycles. The molecule has 4 heteroatoms. The molecule has 0 fully saturated rings. The molecule has 3 rings (SSSR count). The van der Waals surface area contributed by atoms with Gasteiger partial charge in [0.15, 0.2) is 0 Å². The highest BCUT2D eigenvalue weighted by atomic mass is 79.9. The van der Waals surface area contributed by atoms with E-state index >= 15 is 0 Å². The van der Waals surface area contributed by atoms with Gasteiger partial charge >= 0.3 is 0 Å². The minimum atomic E-state index is 0.882. The number of H-pyrrole nitrogens is 1. The van der Waals surface area contributed by atoms with Crippen molar-refractivity contribution in [3.63, 3.8) is 0 Å². The lowest BCUT2D eigenvalue weighted by molar-refractivity contribution is 0.675. The number of aromatic amines is 1. The van der Waals surface area contributed by atoms with E-state index in [1.165, 1.54) is 5.56 Å². The van der Waals surface area contributed by atoms with Gasteiger partial charge in [-0.1, -0.05) is 40.2 Å². The molecule has 0 unspecified atom stereocenters. The van der Waals surface area contributed by atoms with Gasteiger partial charge in [0, 0.05) is 24.0 Å². The highest BCUT2D eigenvalue weighted by Gasteiger charge is 2.01. The first kappa shape index (κ1) is 13.3. The second-order valence-electron chi connectivity index (χ2n) is 4.75. The Labute approximate surface area is 126 Å². The predicted octanol–water partition coefficient (Wildman–Crippen LogP) is 3.66. The molecule has 0 aliphatic heterocycles. The Morgan fingerprint density at radius 2 is 1.85 bits per heavy atom. The largest absolute Gasteiger partial charge is 0.342 e. The second-order valence-corrected chi connectivity index (χ2v) is 5.67. The van der Waals surface area contributed by atoms with Gasteiger partial charge in [-0.3, -0.25) is 0 Å². The molecule has 2 N–H and O–H groups in total. The molecule has 0 saturated heterocycles. The maximum atomic E-state index is 4.57. The van der Waals surface area contributed by atoms with Crippen LogP contribution in [0.25, 0.3) is 11.0 Å². The SMILES string of the molecule is Brc1ccc(CNCCc2nc3ccccc3[nH]2)cc1. The molecule has 20 heavy (non-hydrogen) atoms. The summed E-state index contributed by atoms with van der Waals surface area (Å²) in [6, 6.07) is 16.5. The number of benzene rings is 2. The minimum Gasteiger partial charge on any atom is -0.342 e. The number of halogens is 1. The van der Waals surface area contributed by atoms with Crippen molar-refractivity contribution in [2.24, 2.45) is 0 Å². The van der Waals surface area contributed by atoms with Crippen molar-refractivity contribution in [3.05, 3.63) is 64.4 Å². The lowest BCUT2D eigenvalue weighted by Gasteiger charge is -2.03. The summed E-state index contributed by atoms with van der Waals surface area (Å²) < 4.78 is 1.11. The number of aromatic nitrogens is 2. The molecule has 3 aromatic rings. The highest BCUT2D eigenvalue weighted by molar-refractivity contribution is 9.10. The van der Waals surface area contributed by atoms with E-state index in [0.717, 1.165) is 40.8 Å². The van der Waals surface area contributed by atoms with Crippen LogP contribution < -0.4 is 5.32 Å². The lowest BCUT2D eigenvalue weighted by Crippen LogP contribution is -2.17. The molecule has 0 saturated carbocycles. The summed E-state index contributed by atoms with van der Waals surface area (Å²) in [5, 5.41) is 3.44. The fourth-order valence-electron chi connectivity index (χ4n) is 2.17. The van der Waals surface area contributed by atoms with Gasteiger partial charge in [-0.15, -0.1) is 0 Å². The van der Waals surface area contributed by atoms with Crippen LogP contribution in [0.3, 0.4) is 0 Å². The molecular formula is C16H16BrN3. The molecule has 0 amide bonds. The van der Waals surface area contributed by atoms with Crippen LogP contribution >= 0.6 is 15.9 Å². The van der Waals surface area contributed by atoms with Gasteiger partial charge in [0.1, 0.15) is 5.82 Å². The average Bonchev–Trinajstić information content (AvgIpc) is 2.88. The fraction of sp³-hybridized carbons (Fsp3) is 0.188. The quantitative estimate of drug-likeness (QED) is 0.701. The molecule has 0 radical (unpaired) electrons. The molecule has 102 valence electrons. The van der Waals surface area contributed by atoms with Gasteiger partial charge in [-0.05, 0) is 29.8 Å². The lowest BCUT2D eigenvalue weighted by atomic mass is 10.2. The zero-order chi connectivity index (χ0) is 13.8. The van der Waals surface area contributed by atoms with E-state index in [4.69, 9.17) is 0 Å². The second kappa shape index (κ2) is 6.20. The zero-order valence-corrected chi connectivity index (χ0v) is 12.7. The summed E-state index contributed by atoms with van der Waals surface area (Å²) in [6.07, 6.45) is 0.908. The van der Waals surface area contributed by atoms with Crippen molar-refractivity contribution >= 4 is 27.0 Å². The molecular weight excluding hydrogens is 314 g/mol. The third kappa shape index (κ3) is 3.26. The third-order valence-corrected chi connectivity index (χ3v) is 3.75. The van der Waals surface area contributed by atoms with Crippen molar-refractivity contribution < 1.29 is 0 Å². The average molecular weight is 330 g/mol. The maximum Gasteiger partial charge on any atom is 0.108 e. The van der Waals surface area contributed by atoms with Crippen LogP contribution in [0.15, 0.2) is 53.0 Å². The topological polar surface area (TPSA) is 40.7 Å². The van der Waals surface area contributed by atoms with E-state index in [0.29, 0.717) is 0 Å². The maximum absolute atomic E-state index is 4.57. The van der Waals surface area contributed by atoms with E-state index < -0.39 is 0 Å². The number of fused-ring (bicyclic) bond motifs is 1. The first-order chi connectivity index (χ1) is 9.81. The Bertz CT molecular complexity index is 655. The Hall–Kier alpha value is -1.65. The van der Waals surface area contributed by atoms with Crippen molar-refractivity contribution in [1.29, 1.82) is 0 Å². The normalized spacial score (nSPS) is 11.1. The third-order valence-electron chi connectivity index (χ3n) is 3.22. The number of hydrogen-bond acceptors (Lipinski definition) is 2. The predicted molar refractivity (Wildman–Crippen MR) is 85.6 cm³/mol. The van der Waals surface area contributed by atoms with Crippen molar-refractivity contribution in [1.82, 2.24) is 15.3 Å². The van der Waals surface area contributed by atoms with Crippen LogP contribution in [0.4, 0.5) is 0 Å². The number of nitrogens with one attached hydrogen (secondary N) is 2. The smallest absolute Gasteiger partial charge is 0.108 e. The number of nitrogens with zero attached hydrogens (tertiary/aromatic N) is 1. The molecule has 0 aliphatic rings. The van der Waals surface area contributed by atoms with Crippen LogP contribution in [-0.2, 0) is 13.0 Å². The van der Waals surface area contributed by atoms with Gasteiger partial charge in [-0.2, -0.15) is 0 Å². The number of rotatable bonds is 5. The van der Waals surface area contributed by atoms with E-state index in [9.17, 15) is 0 Å². The monoisotopic (exact) mass is 329 g/mol. The molecule has 1 heterocycles. The van der Waals surface area contributed by atoms with Crippen molar-refractivity contribution in [2.45, 2.75) is 13.0 Å². The van der Waals surface area contributed by atoms with Gasteiger partial charge in [0.05, 0.1) is 11.0 Å². The number of hydrogen-bond donors (Lipinski definition) is 2.